The normalized spacial score (nSPS) is 15.2. The Morgan fingerprint density at radius 3 is 2.80 bits per heavy atom. The van der Waals surface area contributed by atoms with Gasteiger partial charge in [0.2, 0.25) is 11.7 Å². The van der Waals surface area contributed by atoms with Gasteiger partial charge in [-0.2, -0.15) is 0 Å². The molecule has 0 aromatic carbocycles. The van der Waals surface area contributed by atoms with Crippen molar-refractivity contribution in [3.63, 3.8) is 0 Å². The van der Waals surface area contributed by atoms with E-state index in [0.29, 0.717) is 38.5 Å². The molecule has 8 heteroatoms. The van der Waals surface area contributed by atoms with E-state index in [1.165, 1.54) is 0 Å². The van der Waals surface area contributed by atoms with E-state index in [9.17, 15) is 9.59 Å². The molecule has 0 atom stereocenters. The lowest BCUT2D eigenvalue weighted by Crippen LogP contribution is -2.42. The molecule has 1 saturated heterocycles. The standard InChI is InChI=1S/C12H19N5O3/c1-2-9-14-11(16-15-9)12(19)13-4-3-10(18)17-5-7-20-8-6-17/h2-8H2,1H3,(H,13,19)(H,14,15,16). The highest BCUT2D eigenvalue weighted by Gasteiger charge is 2.17. The number of carbonyl (C=O) groups is 2. The third kappa shape index (κ3) is 3.77. The molecule has 0 saturated carbocycles. The summed E-state index contributed by atoms with van der Waals surface area (Å²) in [7, 11) is 0. The predicted molar refractivity (Wildman–Crippen MR) is 70.1 cm³/mol. The molecule has 0 unspecified atom stereocenters. The first-order chi connectivity index (χ1) is 9.70. The maximum Gasteiger partial charge on any atom is 0.290 e. The Kier molecular flexibility index (Phi) is 5.05. The van der Waals surface area contributed by atoms with E-state index < -0.39 is 0 Å². The molecule has 2 amide bonds. The van der Waals surface area contributed by atoms with Crippen molar-refractivity contribution < 1.29 is 14.3 Å². The molecule has 0 spiro atoms. The first-order valence-corrected chi connectivity index (χ1v) is 6.75. The zero-order valence-corrected chi connectivity index (χ0v) is 11.5. The minimum atomic E-state index is -0.365. The first kappa shape index (κ1) is 14.4. The SMILES string of the molecule is CCc1nc(C(=O)NCCC(=O)N2CCOCC2)n[nH]1. The quantitative estimate of drug-likeness (QED) is 0.746. The number of ether oxygens (including phenoxy) is 1. The summed E-state index contributed by atoms with van der Waals surface area (Å²) in [4.78, 5) is 29.4. The number of aromatic nitrogens is 3. The van der Waals surface area contributed by atoms with Crippen molar-refractivity contribution in [3.8, 4) is 0 Å². The summed E-state index contributed by atoms with van der Waals surface area (Å²) in [5.41, 5.74) is 0. The number of hydrogen-bond acceptors (Lipinski definition) is 5. The number of nitrogens with one attached hydrogen (secondary N) is 2. The van der Waals surface area contributed by atoms with Crippen molar-refractivity contribution in [1.29, 1.82) is 0 Å². The fourth-order valence-electron chi connectivity index (χ4n) is 1.89. The van der Waals surface area contributed by atoms with Crippen LogP contribution < -0.4 is 5.32 Å². The van der Waals surface area contributed by atoms with Crippen LogP contribution in [-0.4, -0.2) is 64.7 Å². The molecule has 8 nitrogen and oxygen atoms in total. The van der Waals surface area contributed by atoms with E-state index in [0.717, 1.165) is 0 Å². The zero-order valence-electron chi connectivity index (χ0n) is 11.5. The van der Waals surface area contributed by atoms with Crippen LogP contribution in [0.2, 0.25) is 0 Å². The first-order valence-electron chi connectivity index (χ1n) is 6.75. The number of aromatic amines is 1. The minimum absolute atomic E-state index is 0.0258. The van der Waals surface area contributed by atoms with E-state index in [4.69, 9.17) is 4.74 Å². The molecule has 1 aliphatic rings. The summed E-state index contributed by atoms with van der Waals surface area (Å²) in [6.07, 6.45) is 0.965. The molecule has 1 fully saturated rings. The maximum atomic E-state index is 11.8. The molecular formula is C12H19N5O3. The van der Waals surface area contributed by atoms with Gasteiger partial charge in [-0.05, 0) is 0 Å². The van der Waals surface area contributed by atoms with Crippen molar-refractivity contribution in [2.24, 2.45) is 0 Å². The fourth-order valence-corrected chi connectivity index (χ4v) is 1.89. The monoisotopic (exact) mass is 281 g/mol. The number of amides is 2. The van der Waals surface area contributed by atoms with Crippen molar-refractivity contribution in [1.82, 2.24) is 25.4 Å². The summed E-state index contributed by atoms with van der Waals surface area (Å²) >= 11 is 0. The third-order valence-electron chi connectivity index (χ3n) is 3.06. The van der Waals surface area contributed by atoms with Crippen molar-refractivity contribution >= 4 is 11.8 Å². The summed E-state index contributed by atoms with van der Waals surface area (Å²) in [6.45, 7) is 4.60. The van der Waals surface area contributed by atoms with Gasteiger partial charge in [-0.25, -0.2) is 4.98 Å². The molecule has 1 aromatic heterocycles. The number of H-pyrrole nitrogens is 1. The molecule has 20 heavy (non-hydrogen) atoms. The lowest BCUT2D eigenvalue weighted by atomic mass is 10.3. The van der Waals surface area contributed by atoms with Crippen LogP contribution in [0.3, 0.4) is 0 Å². The molecule has 0 bridgehead atoms. The summed E-state index contributed by atoms with van der Waals surface area (Å²) in [6, 6.07) is 0. The number of aryl methyl sites for hydroxylation is 1. The second-order valence-corrected chi connectivity index (χ2v) is 4.46. The third-order valence-corrected chi connectivity index (χ3v) is 3.06. The van der Waals surface area contributed by atoms with Gasteiger partial charge in [-0.3, -0.25) is 14.7 Å². The molecule has 1 aromatic rings. The van der Waals surface area contributed by atoms with E-state index in [1.807, 2.05) is 6.92 Å². The van der Waals surface area contributed by atoms with Gasteiger partial charge < -0.3 is 15.0 Å². The Morgan fingerprint density at radius 2 is 2.15 bits per heavy atom. The summed E-state index contributed by atoms with van der Waals surface area (Å²) in [5.74, 6) is 0.439. The summed E-state index contributed by atoms with van der Waals surface area (Å²) in [5, 5.41) is 9.13. The molecular weight excluding hydrogens is 262 g/mol. The number of carbonyl (C=O) groups excluding carboxylic acids is 2. The Hall–Kier alpha value is -1.96. The van der Waals surface area contributed by atoms with Gasteiger partial charge in [-0.1, -0.05) is 6.92 Å². The van der Waals surface area contributed by atoms with Gasteiger partial charge in [0.05, 0.1) is 13.2 Å². The van der Waals surface area contributed by atoms with Crippen molar-refractivity contribution in [3.05, 3.63) is 11.6 Å². The zero-order chi connectivity index (χ0) is 14.4. The van der Waals surface area contributed by atoms with Crippen LogP contribution in [0.1, 0.15) is 29.8 Å². The molecule has 2 N–H and O–H groups in total. The number of hydrogen-bond donors (Lipinski definition) is 2. The Balaban J connectivity index is 1.72. The number of rotatable bonds is 5. The molecule has 110 valence electrons. The fraction of sp³-hybridized carbons (Fsp3) is 0.667. The smallest absolute Gasteiger partial charge is 0.290 e. The highest BCUT2D eigenvalue weighted by atomic mass is 16.5. The van der Waals surface area contributed by atoms with Crippen molar-refractivity contribution in [2.75, 3.05) is 32.8 Å². The van der Waals surface area contributed by atoms with Crippen molar-refractivity contribution in [2.45, 2.75) is 19.8 Å². The van der Waals surface area contributed by atoms with Crippen LogP contribution in [0.25, 0.3) is 0 Å². The topological polar surface area (TPSA) is 100 Å². The minimum Gasteiger partial charge on any atom is -0.378 e. The lowest BCUT2D eigenvalue weighted by molar-refractivity contribution is -0.135. The van der Waals surface area contributed by atoms with Gasteiger partial charge >= 0.3 is 0 Å². The van der Waals surface area contributed by atoms with Crippen LogP contribution in [0.4, 0.5) is 0 Å². The van der Waals surface area contributed by atoms with Gasteiger partial charge in [0, 0.05) is 32.5 Å². The lowest BCUT2D eigenvalue weighted by Gasteiger charge is -2.26. The second kappa shape index (κ2) is 6.99. The van der Waals surface area contributed by atoms with E-state index in [-0.39, 0.29) is 30.6 Å². The number of nitrogens with zero attached hydrogens (tertiary/aromatic N) is 3. The van der Waals surface area contributed by atoms with Gasteiger partial charge in [-0.15, -0.1) is 5.10 Å². The van der Waals surface area contributed by atoms with E-state index in [2.05, 4.69) is 20.5 Å². The Bertz CT molecular complexity index is 467. The molecule has 2 rings (SSSR count). The van der Waals surface area contributed by atoms with Crippen LogP contribution in [0.5, 0.6) is 0 Å². The molecule has 2 heterocycles. The Morgan fingerprint density at radius 1 is 1.40 bits per heavy atom. The highest BCUT2D eigenvalue weighted by molar-refractivity contribution is 5.90. The predicted octanol–water partition coefficient (Wildman–Crippen LogP) is -0.654. The number of morpholine rings is 1. The maximum absolute atomic E-state index is 11.8. The van der Waals surface area contributed by atoms with Crippen LogP contribution in [0, 0.1) is 0 Å². The average molecular weight is 281 g/mol. The largest absolute Gasteiger partial charge is 0.378 e. The van der Waals surface area contributed by atoms with E-state index in [1.54, 1.807) is 4.90 Å². The van der Waals surface area contributed by atoms with E-state index >= 15 is 0 Å². The Labute approximate surface area is 116 Å². The van der Waals surface area contributed by atoms with Gasteiger partial charge in [0.1, 0.15) is 5.82 Å². The van der Waals surface area contributed by atoms with Gasteiger partial charge in [0.15, 0.2) is 0 Å². The molecule has 0 radical (unpaired) electrons. The second-order valence-electron chi connectivity index (χ2n) is 4.46. The van der Waals surface area contributed by atoms with Crippen LogP contribution >= 0.6 is 0 Å². The summed E-state index contributed by atoms with van der Waals surface area (Å²) < 4.78 is 5.18. The van der Waals surface area contributed by atoms with Crippen LogP contribution in [0.15, 0.2) is 0 Å². The highest BCUT2D eigenvalue weighted by Crippen LogP contribution is 2.00. The van der Waals surface area contributed by atoms with Gasteiger partial charge in [0.25, 0.3) is 5.91 Å². The molecule has 1 aliphatic heterocycles. The average Bonchev–Trinajstić information content (AvgIpc) is 2.97. The van der Waals surface area contributed by atoms with Crippen LogP contribution in [-0.2, 0) is 16.0 Å². The molecule has 0 aliphatic carbocycles.